The van der Waals surface area contributed by atoms with E-state index in [-0.39, 0.29) is 10.6 Å². The number of nitro benzene ring substituents is 1. The van der Waals surface area contributed by atoms with Crippen LogP contribution in [0.15, 0.2) is 23.3 Å². The average molecular weight is 379 g/mol. The van der Waals surface area contributed by atoms with Crippen molar-refractivity contribution < 1.29 is 9.66 Å². The van der Waals surface area contributed by atoms with Crippen LogP contribution in [0.1, 0.15) is 24.5 Å². The molecule has 0 bridgehead atoms. The first kappa shape index (κ1) is 20.2. The number of benzene rings is 1. The van der Waals surface area contributed by atoms with Crippen LogP contribution in [0.3, 0.4) is 0 Å². The van der Waals surface area contributed by atoms with Gasteiger partial charge in [-0.1, -0.05) is 12.1 Å². The fraction of sp³-hybridized carbons (Fsp3) is 0.529. The third kappa shape index (κ3) is 6.32. The molecule has 142 valence electrons. The third-order valence-corrected chi connectivity index (χ3v) is 4.42. The Morgan fingerprint density at radius 3 is 2.85 bits per heavy atom. The smallest absolute Gasteiger partial charge is 0.272 e. The Hall–Kier alpha value is -2.10. The summed E-state index contributed by atoms with van der Waals surface area (Å²) in [5.74, 6) is 0. The first-order valence-corrected chi connectivity index (χ1v) is 9.02. The molecule has 0 saturated carbocycles. The maximum Gasteiger partial charge on any atom is 0.272 e. The molecule has 0 aromatic heterocycles. The van der Waals surface area contributed by atoms with E-state index in [9.17, 15) is 10.1 Å². The highest BCUT2D eigenvalue weighted by atomic mass is 32.1. The van der Waals surface area contributed by atoms with Crippen LogP contribution in [0.25, 0.3) is 0 Å². The van der Waals surface area contributed by atoms with Crippen molar-refractivity contribution in [3.63, 3.8) is 0 Å². The van der Waals surface area contributed by atoms with E-state index in [1.807, 2.05) is 6.07 Å². The van der Waals surface area contributed by atoms with Crippen molar-refractivity contribution in [3.05, 3.63) is 39.4 Å². The average Bonchev–Trinajstić information content (AvgIpc) is 2.64. The first-order valence-electron chi connectivity index (χ1n) is 8.61. The molecule has 1 aromatic carbocycles. The zero-order valence-corrected chi connectivity index (χ0v) is 16.0. The maximum atomic E-state index is 11.0. The number of hydrogen-bond acceptors (Lipinski definition) is 6. The van der Waals surface area contributed by atoms with E-state index < -0.39 is 0 Å². The van der Waals surface area contributed by atoms with Gasteiger partial charge in [-0.2, -0.15) is 5.10 Å². The highest BCUT2D eigenvalue weighted by molar-refractivity contribution is 7.80. The van der Waals surface area contributed by atoms with Gasteiger partial charge in [0.15, 0.2) is 5.11 Å². The Kier molecular flexibility index (Phi) is 7.89. The highest BCUT2D eigenvalue weighted by Gasteiger charge is 2.12. The van der Waals surface area contributed by atoms with Gasteiger partial charge in [-0.05, 0) is 39.0 Å². The molecule has 1 aromatic rings. The van der Waals surface area contributed by atoms with Crippen LogP contribution in [-0.2, 0) is 4.74 Å². The van der Waals surface area contributed by atoms with Crippen LogP contribution in [0.4, 0.5) is 5.69 Å². The summed E-state index contributed by atoms with van der Waals surface area (Å²) in [7, 11) is 0. The SMILES string of the molecule is C/C(=N/NC(=S)NCCCN1CCOCC1)c1ccc(C)c([N+](=O)[O-])c1. The van der Waals surface area contributed by atoms with E-state index in [0.717, 1.165) is 45.8 Å². The number of rotatable bonds is 7. The molecule has 1 heterocycles. The standard InChI is InChI=1S/C17H25N5O3S/c1-13-4-5-15(12-16(13)22(23)24)14(2)19-20-17(26)18-6-3-7-21-8-10-25-11-9-21/h4-5,12H,3,6-11H2,1-2H3,(H2,18,20,26)/b19-14-. The Balaban J connectivity index is 1.76. The van der Waals surface area contributed by atoms with E-state index in [0.29, 0.717) is 22.0 Å². The minimum atomic E-state index is -0.389. The van der Waals surface area contributed by atoms with Crippen LogP contribution >= 0.6 is 12.2 Å². The van der Waals surface area contributed by atoms with Crippen LogP contribution < -0.4 is 10.7 Å². The van der Waals surface area contributed by atoms with E-state index in [4.69, 9.17) is 17.0 Å². The molecular formula is C17H25N5O3S. The molecule has 0 aliphatic carbocycles. The third-order valence-electron chi connectivity index (χ3n) is 4.19. The van der Waals surface area contributed by atoms with Crippen LogP contribution in [0.5, 0.6) is 0 Å². The van der Waals surface area contributed by atoms with Gasteiger partial charge in [0, 0.05) is 36.8 Å². The molecule has 0 spiro atoms. The van der Waals surface area contributed by atoms with E-state index in [1.165, 1.54) is 6.07 Å². The number of morpholine rings is 1. The lowest BCUT2D eigenvalue weighted by Crippen LogP contribution is -2.39. The molecule has 0 amide bonds. The van der Waals surface area contributed by atoms with Crippen LogP contribution in [0, 0.1) is 17.0 Å². The molecule has 1 aliphatic rings. The topological polar surface area (TPSA) is 92.0 Å². The van der Waals surface area contributed by atoms with Crippen LogP contribution in [-0.4, -0.2) is 60.0 Å². The lowest BCUT2D eigenvalue weighted by molar-refractivity contribution is -0.385. The van der Waals surface area contributed by atoms with E-state index in [1.54, 1.807) is 19.9 Å². The molecule has 2 rings (SSSR count). The van der Waals surface area contributed by atoms with Crippen molar-refractivity contribution in [3.8, 4) is 0 Å². The number of hydrogen-bond donors (Lipinski definition) is 2. The fourth-order valence-corrected chi connectivity index (χ4v) is 2.75. The quantitative estimate of drug-likeness (QED) is 0.245. The Bertz CT molecular complexity index is 674. The number of ether oxygens (including phenoxy) is 1. The predicted molar refractivity (Wildman–Crippen MR) is 106 cm³/mol. The molecular weight excluding hydrogens is 354 g/mol. The number of nitro groups is 1. The zero-order chi connectivity index (χ0) is 18.9. The van der Waals surface area contributed by atoms with Gasteiger partial charge in [-0.25, -0.2) is 0 Å². The second-order valence-corrected chi connectivity index (χ2v) is 6.54. The fourth-order valence-electron chi connectivity index (χ4n) is 2.60. The van der Waals surface area contributed by atoms with Gasteiger partial charge in [0.1, 0.15) is 0 Å². The van der Waals surface area contributed by atoms with Crippen molar-refractivity contribution in [1.82, 2.24) is 15.6 Å². The van der Waals surface area contributed by atoms with Gasteiger partial charge in [0.05, 0.1) is 23.8 Å². The second-order valence-electron chi connectivity index (χ2n) is 6.13. The minimum absolute atomic E-state index is 0.0841. The molecule has 1 aliphatic heterocycles. The molecule has 1 saturated heterocycles. The van der Waals surface area contributed by atoms with Crippen molar-refractivity contribution in [2.45, 2.75) is 20.3 Å². The molecule has 0 radical (unpaired) electrons. The summed E-state index contributed by atoms with van der Waals surface area (Å²) >= 11 is 5.21. The summed E-state index contributed by atoms with van der Waals surface area (Å²) in [5, 5.41) is 18.8. The van der Waals surface area contributed by atoms with Gasteiger partial charge >= 0.3 is 0 Å². The molecule has 1 fully saturated rings. The molecule has 26 heavy (non-hydrogen) atoms. The van der Waals surface area contributed by atoms with Crippen LogP contribution in [0.2, 0.25) is 0 Å². The maximum absolute atomic E-state index is 11.0. The van der Waals surface area contributed by atoms with Gasteiger partial charge < -0.3 is 10.1 Å². The summed E-state index contributed by atoms with van der Waals surface area (Å²) in [4.78, 5) is 13.0. The van der Waals surface area contributed by atoms with Crippen molar-refractivity contribution in [2.24, 2.45) is 5.10 Å². The number of aryl methyl sites for hydroxylation is 1. The molecule has 2 N–H and O–H groups in total. The van der Waals surface area contributed by atoms with Gasteiger partial charge in [-0.3, -0.25) is 20.4 Å². The summed E-state index contributed by atoms with van der Waals surface area (Å²) < 4.78 is 5.32. The lowest BCUT2D eigenvalue weighted by atomic mass is 10.1. The predicted octanol–water partition coefficient (Wildman–Crippen LogP) is 1.81. The number of nitrogens with one attached hydrogen (secondary N) is 2. The van der Waals surface area contributed by atoms with Crippen molar-refractivity contribution in [1.29, 1.82) is 0 Å². The lowest BCUT2D eigenvalue weighted by Gasteiger charge is -2.26. The monoisotopic (exact) mass is 379 g/mol. The second kappa shape index (κ2) is 10.1. The largest absolute Gasteiger partial charge is 0.379 e. The summed E-state index contributed by atoms with van der Waals surface area (Å²) in [5.41, 5.74) is 4.81. The van der Waals surface area contributed by atoms with E-state index >= 15 is 0 Å². The number of hydrazone groups is 1. The Labute approximate surface area is 158 Å². The van der Waals surface area contributed by atoms with Gasteiger partial charge in [-0.15, -0.1) is 0 Å². The molecule has 0 unspecified atom stereocenters. The minimum Gasteiger partial charge on any atom is -0.379 e. The highest BCUT2D eigenvalue weighted by Crippen LogP contribution is 2.19. The first-order chi connectivity index (χ1) is 12.5. The van der Waals surface area contributed by atoms with E-state index in [2.05, 4.69) is 20.7 Å². The summed E-state index contributed by atoms with van der Waals surface area (Å²) in [6.07, 6.45) is 0.981. The summed E-state index contributed by atoms with van der Waals surface area (Å²) in [6, 6.07) is 5.05. The Morgan fingerprint density at radius 2 is 2.15 bits per heavy atom. The molecule has 0 atom stereocenters. The number of nitrogens with zero attached hydrogens (tertiary/aromatic N) is 3. The number of thiocarbonyl (C=S) groups is 1. The summed E-state index contributed by atoms with van der Waals surface area (Å²) in [6.45, 7) is 8.83. The Morgan fingerprint density at radius 1 is 1.42 bits per heavy atom. The van der Waals surface area contributed by atoms with Gasteiger partial charge in [0.25, 0.3) is 5.69 Å². The molecule has 9 heteroatoms. The van der Waals surface area contributed by atoms with Gasteiger partial charge in [0.2, 0.25) is 0 Å². The van der Waals surface area contributed by atoms with Crippen molar-refractivity contribution >= 4 is 28.7 Å². The normalized spacial score (nSPS) is 15.5. The molecule has 8 nitrogen and oxygen atoms in total. The van der Waals surface area contributed by atoms with Crippen molar-refractivity contribution in [2.75, 3.05) is 39.4 Å². The zero-order valence-electron chi connectivity index (χ0n) is 15.2.